The van der Waals surface area contributed by atoms with Crippen LogP contribution in [0.3, 0.4) is 0 Å². The predicted octanol–water partition coefficient (Wildman–Crippen LogP) is 1.14. The second-order valence-corrected chi connectivity index (χ2v) is 3.77. The lowest BCUT2D eigenvalue weighted by atomic mass is 10.1. The van der Waals surface area contributed by atoms with Gasteiger partial charge in [0.1, 0.15) is 5.75 Å². The highest BCUT2D eigenvalue weighted by Crippen LogP contribution is 2.17. The highest BCUT2D eigenvalue weighted by atomic mass is 16.6. The van der Waals surface area contributed by atoms with Crippen molar-refractivity contribution < 1.29 is 9.84 Å². The molecular formula is C12H20N2O2. The second-order valence-electron chi connectivity index (χ2n) is 3.77. The van der Waals surface area contributed by atoms with E-state index < -0.39 is 6.29 Å². The summed E-state index contributed by atoms with van der Waals surface area (Å²) >= 11 is 0. The Morgan fingerprint density at radius 1 is 1.31 bits per heavy atom. The van der Waals surface area contributed by atoms with Crippen molar-refractivity contribution in [2.24, 2.45) is 11.5 Å². The number of nitrogens with two attached hydrogens (primary N) is 2. The summed E-state index contributed by atoms with van der Waals surface area (Å²) in [6.07, 6.45) is 0.778. The van der Waals surface area contributed by atoms with E-state index >= 15 is 0 Å². The van der Waals surface area contributed by atoms with Gasteiger partial charge in [0, 0.05) is 19.0 Å². The van der Waals surface area contributed by atoms with Crippen LogP contribution in [0, 0.1) is 0 Å². The van der Waals surface area contributed by atoms with E-state index in [0.717, 1.165) is 12.0 Å². The van der Waals surface area contributed by atoms with Gasteiger partial charge in [-0.25, -0.2) is 0 Å². The molecule has 16 heavy (non-hydrogen) atoms. The summed E-state index contributed by atoms with van der Waals surface area (Å²) < 4.78 is 5.31. The van der Waals surface area contributed by atoms with Gasteiger partial charge in [-0.05, 0) is 17.7 Å². The zero-order valence-electron chi connectivity index (χ0n) is 9.60. The maximum Gasteiger partial charge on any atom is 0.197 e. The molecule has 0 bridgehead atoms. The number of hydrogen-bond acceptors (Lipinski definition) is 4. The van der Waals surface area contributed by atoms with Crippen molar-refractivity contribution in [2.75, 3.05) is 6.54 Å². The fourth-order valence-corrected chi connectivity index (χ4v) is 1.39. The zero-order chi connectivity index (χ0) is 12.0. The molecule has 4 nitrogen and oxygen atoms in total. The molecule has 0 fully saturated rings. The summed E-state index contributed by atoms with van der Waals surface area (Å²) in [5.41, 5.74) is 12.2. The van der Waals surface area contributed by atoms with Gasteiger partial charge in [0.05, 0.1) is 0 Å². The van der Waals surface area contributed by atoms with Crippen LogP contribution in [0.1, 0.15) is 31.4 Å². The van der Waals surface area contributed by atoms with Crippen LogP contribution < -0.4 is 16.2 Å². The first-order valence-corrected chi connectivity index (χ1v) is 5.57. The summed E-state index contributed by atoms with van der Waals surface area (Å²) in [4.78, 5) is 0. The largest absolute Gasteiger partial charge is 0.465 e. The third-order valence-electron chi connectivity index (χ3n) is 2.37. The smallest absolute Gasteiger partial charge is 0.197 e. The summed E-state index contributed by atoms with van der Waals surface area (Å²) in [6, 6.07) is 7.18. The van der Waals surface area contributed by atoms with Crippen LogP contribution in [-0.4, -0.2) is 17.9 Å². The van der Waals surface area contributed by atoms with E-state index in [1.54, 1.807) is 12.1 Å². The molecule has 1 aromatic carbocycles. The van der Waals surface area contributed by atoms with E-state index in [0.29, 0.717) is 18.7 Å². The van der Waals surface area contributed by atoms with Crippen molar-refractivity contribution in [3.05, 3.63) is 29.8 Å². The van der Waals surface area contributed by atoms with Crippen molar-refractivity contribution in [1.82, 2.24) is 0 Å². The second kappa shape index (κ2) is 6.48. The molecule has 0 heterocycles. The molecule has 0 saturated heterocycles. The molecule has 0 aliphatic heterocycles. The van der Waals surface area contributed by atoms with Gasteiger partial charge in [-0.1, -0.05) is 25.5 Å². The van der Waals surface area contributed by atoms with Gasteiger partial charge in [0.2, 0.25) is 0 Å². The van der Waals surface area contributed by atoms with Crippen LogP contribution in [0.25, 0.3) is 0 Å². The summed E-state index contributed by atoms with van der Waals surface area (Å²) in [5, 5.41) is 9.46. The number of aliphatic hydroxyl groups is 1. The van der Waals surface area contributed by atoms with Crippen LogP contribution >= 0.6 is 0 Å². The first kappa shape index (κ1) is 13.0. The molecule has 5 N–H and O–H groups in total. The average Bonchev–Trinajstić information content (AvgIpc) is 2.29. The van der Waals surface area contributed by atoms with Crippen molar-refractivity contribution in [1.29, 1.82) is 0 Å². The minimum Gasteiger partial charge on any atom is -0.465 e. The maximum atomic E-state index is 9.46. The highest BCUT2D eigenvalue weighted by molar-refractivity contribution is 5.29. The number of hydrogen-bond donors (Lipinski definition) is 3. The first-order chi connectivity index (χ1) is 7.67. The fraction of sp³-hybridized carbons (Fsp3) is 0.500. The van der Waals surface area contributed by atoms with Crippen LogP contribution in [0.2, 0.25) is 0 Å². The van der Waals surface area contributed by atoms with Crippen molar-refractivity contribution in [3.63, 3.8) is 0 Å². The Kier molecular flexibility index (Phi) is 5.25. The van der Waals surface area contributed by atoms with Gasteiger partial charge in [0.25, 0.3) is 0 Å². The standard InChI is InChI=1S/C12H20N2O2/c1-2-3-12(15)16-10-6-4-9(5-7-10)11(14)8-13/h4-7,11-12,15H,2-3,8,13-14H2,1H3. The minimum absolute atomic E-state index is 0.144. The summed E-state index contributed by atoms with van der Waals surface area (Å²) in [5.74, 6) is 0.647. The molecule has 0 aromatic heterocycles. The van der Waals surface area contributed by atoms with Crippen molar-refractivity contribution in [2.45, 2.75) is 32.1 Å². The van der Waals surface area contributed by atoms with Gasteiger partial charge in [-0.15, -0.1) is 0 Å². The Hall–Kier alpha value is -1.10. The van der Waals surface area contributed by atoms with E-state index in [-0.39, 0.29) is 6.04 Å². The van der Waals surface area contributed by atoms with Crippen LogP contribution in [0.5, 0.6) is 5.75 Å². The predicted molar refractivity (Wildman–Crippen MR) is 64.0 cm³/mol. The lowest BCUT2D eigenvalue weighted by Gasteiger charge is -2.14. The van der Waals surface area contributed by atoms with Gasteiger partial charge < -0.3 is 21.3 Å². The topological polar surface area (TPSA) is 81.5 Å². The van der Waals surface area contributed by atoms with E-state index in [2.05, 4.69) is 0 Å². The summed E-state index contributed by atoms with van der Waals surface area (Å²) in [6.45, 7) is 2.41. The monoisotopic (exact) mass is 224 g/mol. The maximum absolute atomic E-state index is 9.46. The third-order valence-corrected chi connectivity index (χ3v) is 2.37. The molecule has 90 valence electrons. The molecule has 1 aromatic rings. The molecule has 4 heteroatoms. The Labute approximate surface area is 96.2 Å². The SMILES string of the molecule is CCCC(O)Oc1ccc(C(N)CN)cc1. The molecule has 0 radical (unpaired) electrons. The Morgan fingerprint density at radius 2 is 1.94 bits per heavy atom. The molecule has 0 spiro atoms. The van der Waals surface area contributed by atoms with E-state index in [4.69, 9.17) is 16.2 Å². The fourth-order valence-electron chi connectivity index (χ4n) is 1.39. The van der Waals surface area contributed by atoms with E-state index in [1.807, 2.05) is 19.1 Å². The van der Waals surface area contributed by atoms with Gasteiger partial charge >= 0.3 is 0 Å². The molecule has 2 unspecified atom stereocenters. The molecule has 0 aliphatic rings. The van der Waals surface area contributed by atoms with E-state index in [9.17, 15) is 5.11 Å². The average molecular weight is 224 g/mol. The quantitative estimate of drug-likeness (QED) is 0.633. The van der Waals surface area contributed by atoms with Crippen LogP contribution in [0.4, 0.5) is 0 Å². The zero-order valence-corrected chi connectivity index (χ0v) is 9.60. The molecule has 1 rings (SSSR count). The normalized spacial score (nSPS) is 14.5. The Bertz CT molecular complexity index is 300. The molecule has 0 aliphatic carbocycles. The number of rotatable bonds is 6. The van der Waals surface area contributed by atoms with Gasteiger partial charge in [-0.2, -0.15) is 0 Å². The lowest BCUT2D eigenvalue weighted by molar-refractivity contribution is -0.0233. The number of benzene rings is 1. The van der Waals surface area contributed by atoms with Crippen molar-refractivity contribution in [3.8, 4) is 5.75 Å². The van der Waals surface area contributed by atoms with Gasteiger partial charge in [-0.3, -0.25) is 0 Å². The van der Waals surface area contributed by atoms with E-state index in [1.165, 1.54) is 0 Å². The van der Waals surface area contributed by atoms with Crippen LogP contribution in [0.15, 0.2) is 24.3 Å². The molecule has 0 saturated carbocycles. The lowest BCUT2D eigenvalue weighted by Crippen LogP contribution is -2.20. The molecule has 2 atom stereocenters. The van der Waals surface area contributed by atoms with Gasteiger partial charge in [0.15, 0.2) is 6.29 Å². The number of aliphatic hydroxyl groups excluding tert-OH is 1. The number of ether oxygens (including phenoxy) is 1. The Balaban J connectivity index is 2.57. The Morgan fingerprint density at radius 3 is 2.44 bits per heavy atom. The van der Waals surface area contributed by atoms with Crippen LogP contribution in [-0.2, 0) is 0 Å². The highest BCUT2D eigenvalue weighted by Gasteiger charge is 2.06. The summed E-state index contributed by atoms with van der Waals surface area (Å²) in [7, 11) is 0. The molecular weight excluding hydrogens is 204 g/mol. The molecule has 0 amide bonds. The third kappa shape index (κ3) is 3.81. The first-order valence-electron chi connectivity index (χ1n) is 5.57. The minimum atomic E-state index is -0.737. The van der Waals surface area contributed by atoms with Crippen molar-refractivity contribution >= 4 is 0 Å².